The molecular weight excluding hydrogens is 240 g/mol. The van der Waals surface area contributed by atoms with Crippen molar-refractivity contribution in [3.63, 3.8) is 0 Å². The van der Waals surface area contributed by atoms with Crippen LogP contribution in [0.1, 0.15) is 51.8 Å². The Balaban J connectivity index is 2.50. The molecule has 1 rings (SSSR count). The van der Waals surface area contributed by atoms with Crippen LogP contribution in [0.4, 0.5) is 0 Å². The van der Waals surface area contributed by atoms with Crippen LogP contribution >= 0.6 is 0 Å². The molecule has 19 heavy (non-hydrogen) atoms. The van der Waals surface area contributed by atoms with Crippen molar-refractivity contribution in [1.29, 1.82) is 0 Å². The summed E-state index contributed by atoms with van der Waals surface area (Å²) in [7, 11) is 0. The highest BCUT2D eigenvalue weighted by Crippen LogP contribution is 2.15. The molecule has 0 amide bonds. The van der Waals surface area contributed by atoms with Crippen molar-refractivity contribution in [2.45, 2.75) is 58.5 Å². The third kappa shape index (κ3) is 5.30. The van der Waals surface area contributed by atoms with E-state index in [9.17, 15) is 0 Å². The lowest BCUT2D eigenvalue weighted by molar-refractivity contribution is 0.111. The summed E-state index contributed by atoms with van der Waals surface area (Å²) >= 11 is 0. The second kappa shape index (κ2) is 9.07. The van der Waals surface area contributed by atoms with Crippen molar-refractivity contribution < 1.29 is 4.74 Å². The van der Waals surface area contributed by atoms with Crippen molar-refractivity contribution in [2.75, 3.05) is 13.2 Å². The Bertz CT molecular complexity index is 336. The van der Waals surface area contributed by atoms with Gasteiger partial charge in [-0.15, -0.1) is 0 Å². The van der Waals surface area contributed by atoms with Crippen molar-refractivity contribution in [3.8, 4) is 0 Å². The molecule has 1 atom stereocenters. The number of hydrogen-bond acceptors (Lipinski definition) is 4. The summed E-state index contributed by atoms with van der Waals surface area (Å²) in [5.41, 5.74) is 3.87. The summed E-state index contributed by atoms with van der Waals surface area (Å²) in [6, 6.07) is 2.69. The van der Waals surface area contributed by atoms with E-state index in [1.807, 2.05) is 0 Å². The molecule has 0 spiro atoms. The van der Waals surface area contributed by atoms with Gasteiger partial charge in [-0.25, -0.2) is 0 Å². The van der Waals surface area contributed by atoms with Gasteiger partial charge in [-0.2, -0.15) is 5.10 Å². The zero-order chi connectivity index (χ0) is 14.1. The Morgan fingerprint density at radius 1 is 1.37 bits per heavy atom. The number of hydrogen-bond donors (Lipinski definition) is 2. The van der Waals surface area contributed by atoms with Gasteiger partial charge >= 0.3 is 0 Å². The Kier molecular flexibility index (Phi) is 7.70. The zero-order valence-electron chi connectivity index (χ0n) is 12.4. The lowest BCUT2D eigenvalue weighted by Gasteiger charge is -2.15. The number of nitrogens with one attached hydrogen (secondary N) is 1. The summed E-state index contributed by atoms with van der Waals surface area (Å²) in [4.78, 5) is 0. The van der Waals surface area contributed by atoms with E-state index in [-0.39, 0.29) is 6.04 Å². The van der Waals surface area contributed by atoms with Gasteiger partial charge in [-0.1, -0.05) is 20.8 Å². The normalized spacial score (nSPS) is 13.1. The number of nitrogens with zero attached hydrogens (tertiary/aromatic N) is 2. The number of aromatic nitrogens is 2. The molecule has 3 N–H and O–H groups in total. The maximum absolute atomic E-state index is 5.56. The Hall–Kier alpha value is -0.910. The van der Waals surface area contributed by atoms with Crippen LogP contribution in [-0.4, -0.2) is 29.0 Å². The van der Waals surface area contributed by atoms with E-state index in [1.54, 1.807) is 0 Å². The molecule has 0 aliphatic heterocycles. The molecule has 0 aliphatic carbocycles. The molecular formula is C14H28N4O. The Morgan fingerprint density at radius 2 is 2.11 bits per heavy atom. The Morgan fingerprint density at radius 3 is 2.68 bits per heavy atom. The molecule has 110 valence electrons. The van der Waals surface area contributed by atoms with Crippen LogP contribution in [0, 0.1) is 0 Å². The standard InChI is InChI=1S/C14H28N4O/c1-4-9-19-11-13(16-15)10-12-7-8-18(17-12)14(5-2)6-3/h7-8,13-14,16H,4-6,9-11,15H2,1-3H3. The first kappa shape index (κ1) is 16.1. The summed E-state index contributed by atoms with van der Waals surface area (Å²) in [5, 5.41) is 4.63. The van der Waals surface area contributed by atoms with Gasteiger partial charge in [0.1, 0.15) is 0 Å². The fraction of sp³-hybridized carbons (Fsp3) is 0.786. The van der Waals surface area contributed by atoms with Crippen LogP contribution in [-0.2, 0) is 11.2 Å². The molecule has 1 aromatic rings. The van der Waals surface area contributed by atoms with Crippen LogP contribution in [0.2, 0.25) is 0 Å². The van der Waals surface area contributed by atoms with E-state index in [2.05, 4.69) is 48.2 Å². The van der Waals surface area contributed by atoms with Crippen LogP contribution in [0.25, 0.3) is 0 Å². The highest BCUT2D eigenvalue weighted by molar-refractivity contribution is 5.02. The zero-order valence-corrected chi connectivity index (χ0v) is 12.4. The summed E-state index contributed by atoms with van der Waals surface area (Å²) in [6.07, 6.45) is 6.10. The highest BCUT2D eigenvalue weighted by atomic mass is 16.5. The first-order valence-electron chi connectivity index (χ1n) is 7.32. The second-order valence-electron chi connectivity index (χ2n) is 4.90. The molecule has 1 heterocycles. The van der Waals surface area contributed by atoms with Gasteiger partial charge < -0.3 is 4.74 Å². The maximum Gasteiger partial charge on any atom is 0.0641 e. The van der Waals surface area contributed by atoms with Crippen molar-refractivity contribution in [2.24, 2.45) is 5.84 Å². The SMILES string of the molecule is CCCOCC(Cc1ccn(C(CC)CC)n1)NN. The van der Waals surface area contributed by atoms with E-state index >= 15 is 0 Å². The minimum absolute atomic E-state index is 0.122. The van der Waals surface area contributed by atoms with E-state index in [4.69, 9.17) is 10.6 Å². The quantitative estimate of drug-likeness (QED) is 0.387. The van der Waals surface area contributed by atoms with Crippen LogP contribution < -0.4 is 11.3 Å². The van der Waals surface area contributed by atoms with Gasteiger partial charge in [-0.3, -0.25) is 16.0 Å². The second-order valence-corrected chi connectivity index (χ2v) is 4.90. The number of nitrogens with two attached hydrogens (primary N) is 1. The molecule has 5 heteroatoms. The van der Waals surface area contributed by atoms with Crippen LogP contribution in [0.5, 0.6) is 0 Å². The van der Waals surface area contributed by atoms with Gasteiger partial charge in [0, 0.05) is 19.2 Å². The average Bonchev–Trinajstić information content (AvgIpc) is 2.88. The molecule has 0 radical (unpaired) electrons. The average molecular weight is 268 g/mol. The van der Waals surface area contributed by atoms with E-state index in [1.165, 1.54) is 0 Å². The lowest BCUT2D eigenvalue weighted by Crippen LogP contribution is -2.40. The van der Waals surface area contributed by atoms with Crippen molar-refractivity contribution in [3.05, 3.63) is 18.0 Å². The summed E-state index contributed by atoms with van der Waals surface area (Å²) in [6.45, 7) is 7.89. The molecule has 5 nitrogen and oxygen atoms in total. The summed E-state index contributed by atoms with van der Waals surface area (Å²) in [5.74, 6) is 5.56. The van der Waals surface area contributed by atoms with Gasteiger partial charge in [0.15, 0.2) is 0 Å². The monoisotopic (exact) mass is 268 g/mol. The van der Waals surface area contributed by atoms with E-state index < -0.39 is 0 Å². The number of rotatable bonds is 10. The van der Waals surface area contributed by atoms with Crippen molar-refractivity contribution in [1.82, 2.24) is 15.2 Å². The predicted molar refractivity (Wildman–Crippen MR) is 77.8 cm³/mol. The molecule has 1 aromatic heterocycles. The molecule has 0 fully saturated rings. The van der Waals surface area contributed by atoms with Crippen molar-refractivity contribution >= 4 is 0 Å². The molecule has 0 aliphatic rings. The maximum atomic E-state index is 5.56. The Labute approximate surface area is 116 Å². The topological polar surface area (TPSA) is 65.1 Å². The molecule has 1 unspecified atom stereocenters. The molecule has 0 saturated heterocycles. The highest BCUT2D eigenvalue weighted by Gasteiger charge is 2.12. The molecule has 0 aromatic carbocycles. The minimum Gasteiger partial charge on any atom is -0.380 e. The van der Waals surface area contributed by atoms with E-state index in [0.29, 0.717) is 12.6 Å². The van der Waals surface area contributed by atoms with Crippen LogP contribution in [0.3, 0.4) is 0 Å². The third-order valence-electron chi connectivity index (χ3n) is 3.34. The van der Waals surface area contributed by atoms with E-state index in [0.717, 1.165) is 38.0 Å². The summed E-state index contributed by atoms with van der Waals surface area (Å²) < 4.78 is 7.59. The number of ether oxygens (including phenoxy) is 1. The van der Waals surface area contributed by atoms with Gasteiger partial charge in [0.2, 0.25) is 0 Å². The first-order valence-corrected chi connectivity index (χ1v) is 7.32. The minimum atomic E-state index is 0.122. The fourth-order valence-electron chi connectivity index (χ4n) is 2.14. The predicted octanol–water partition coefficient (Wildman–Crippen LogP) is 2.05. The first-order chi connectivity index (χ1) is 9.24. The largest absolute Gasteiger partial charge is 0.380 e. The smallest absolute Gasteiger partial charge is 0.0641 e. The third-order valence-corrected chi connectivity index (χ3v) is 3.34. The fourth-order valence-corrected chi connectivity index (χ4v) is 2.14. The lowest BCUT2D eigenvalue weighted by atomic mass is 10.2. The van der Waals surface area contributed by atoms with Gasteiger partial charge in [0.25, 0.3) is 0 Å². The van der Waals surface area contributed by atoms with Gasteiger partial charge in [-0.05, 0) is 25.3 Å². The molecule has 0 bridgehead atoms. The van der Waals surface area contributed by atoms with Crippen LogP contribution in [0.15, 0.2) is 12.3 Å². The van der Waals surface area contributed by atoms with Gasteiger partial charge in [0.05, 0.1) is 24.4 Å². The molecule has 0 saturated carbocycles. The number of hydrazine groups is 1.